The number of aliphatic hydroxyl groups excluding tert-OH is 2. The fourth-order valence-electron chi connectivity index (χ4n) is 2.15. The molecule has 23 heavy (non-hydrogen) atoms. The van der Waals surface area contributed by atoms with Crippen molar-refractivity contribution in [3.8, 4) is 11.1 Å². The number of carbonyl (C=O) groups is 1. The van der Waals surface area contributed by atoms with Crippen LogP contribution in [0.25, 0.3) is 11.1 Å². The zero-order chi connectivity index (χ0) is 16.8. The number of hydrogen-bond acceptors (Lipinski definition) is 4. The van der Waals surface area contributed by atoms with Crippen molar-refractivity contribution >= 4 is 11.6 Å². The Morgan fingerprint density at radius 1 is 1.13 bits per heavy atom. The quantitative estimate of drug-likeness (QED) is 0.755. The monoisotopic (exact) mass is 314 g/mol. The molecule has 0 aliphatic rings. The first-order valence-electron chi connectivity index (χ1n) is 7.46. The number of anilines is 1. The molecule has 5 nitrogen and oxygen atoms in total. The van der Waals surface area contributed by atoms with Gasteiger partial charge in [-0.15, -0.1) is 0 Å². The van der Waals surface area contributed by atoms with Gasteiger partial charge in [0.2, 0.25) is 0 Å². The fraction of sp³-hybridized carbons (Fsp3) is 0.278. The van der Waals surface area contributed by atoms with Crippen molar-refractivity contribution in [3.05, 3.63) is 54.1 Å². The van der Waals surface area contributed by atoms with Crippen molar-refractivity contribution in [2.24, 2.45) is 0 Å². The van der Waals surface area contributed by atoms with Gasteiger partial charge in [-0.25, -0.2) is 0 Å². The largest absolute Gasteiger partial charge is 0.394 e. The van der Waals surface area contributed by atoms with E-state index < -0.39 is 6.10 Å². The molecular formula is C18H22N2O3. The lowest BCUT2D eigenvalue weighted by atomic mass is 10.0. The van der Waals surface area contributed by atoms with Crippen LogP contribution >= 0.6 is 0 Å². The van der Waals surface area contributed by atoms with E-state index in [1.165, 1.54) is 0 Å². The smallest absolute Gasteiger partial charge is 0.251 e. The molecule has 122 valence electrons. The van der Waals surface area contributed by atoms with Gasteiger partial charge in [0.25, 0.3) is 5.91 Å². The lowest BCUT2D eigenvalue weighted by molar-refractivity contribution is 0.0802. The maximum Gasteiger partial charge on any atom is 0.251 e. The van der Waals surface area contributed by atoms with Crippen LogP contribution in [0.3, 0.4) is 0 Å². The van der Waals surface area contributed by atoms with E-state index in [0.717, 1.165) is 16.8 Å². The molecule has 1 atom stereocenters. The van der Waals surface area contributed by atoms with E-state index in [4.69, 9.17) is 5.11 Å². The third kappa shape index (κ3) is 4.55. The molecule has 0 bridgehead atoms. The Balaban J connectivity index is 2.10. The van der Waals surface area contributed by atoms with Crippen LogP contribution in [0.5, 0.6) is 0 Å². The van der Waals surface area contributed by atoms with Gasteiger partial charge in [-0.05, 0) is 35.4 Å². The third-order valence-corrected chi connectivity index (χ3v) is 3.55. The molecule has 0 aliphatic heterocycles. The lowest BCUT2D eigenvalue weighted by Crippen LogP contribution is -2.33. The summed E-state index contributed by atoms with van der Waals surface area (Å²) < 4.78 is 0. The minimum atomic E-state index is -0.938. The number of benzene rings is 2. The van der Waals surface area contributed by atoms with Crippen molar-refractivity contribution in [1.29, 1.82) is 0 Å². The van der Waals surface area contributed by atoms with Crippen molar-refractivity contribution < 1.29 is 15.0 Å². The molecule has 0 saturated carbocycles. The zero-order valence-electron chi connectivity index (χ0n) is 13.4. The van der Waals surface area contributed by atoms with Gasteiger partial charge < -0.3 is 20.4 Å². The second-order valence-corrected chi connectivity index (χ2v) is 5.57. The molecular weight excluding hydrogens is 292 g/mol. The minimum absolute atomic E-state index is 0.0297. The number of amides is 1. The first-order valence-corrected chi connectivity index (χ1v) is 7.46. The summed E-state index contributed by atoms with van der Waals surface area (Å²) >= 11 is 0. The summed E-state index contributed by atoms with van der Waals surface area (Å²) in [5.41, 5.74) is 3.74. The topological polar surface area (TPSA) is 72.8 Å². The van der Waals surface area contributed by atoms with Crippen molar-refractivity contribution in [2.45, 2.75) is 6.10 Å². The van der Waals surface area contributed by atoms with Crippen LogP contribution in [0.2, 0.25) is 0 Å². The van der Waals surface area contributed by atoms with Crippen molar-refractivity contribution in [1.82, 2.24) is 5.32 Å². The standard InChI is InChI=1S/C18H22N2O3/c1-20(2)16-5-3-4-15(10-16)13-6-8-14(9-7-13)18(23)19-11-17(22)12-21/h3-10,17,21-22H,11-12H2,1-2H3,(H,19,23). The summed E-state index contributed by atoms with van der Waals surface area (Å²) in [7, 11) is 3.99. The van der Waals surface area contributed by atoms with Crippen LogP contribution in [-0.2, 0) is 0 Å². The second-order valence-electron chi connectivity index (χ2n) is 5.57. The zero-order valence-corrected chi connectivity index (χ0v) is 13.4. The highest BCUT2D eigenvalue weighted by atomic mass is 16.3. The molecule has 2 aromatic rings. The van der Waals surface area contributed by atoms with Gasteiger partial charge in [-0.3, -0.25) is 4.79 Å². The molecule has 5 heteroatoms. The van der Waals surface area contributed by atoms with E-state index in [2.05, 4.69) is 11.4 Å². The van der Waals surface area contributed by atoms with Crippen LogP contribution < -0.4 is 10.2 Å². The molecule has 2 rings (SSSR count). The Hall–Kier alpha value is -2.37. The summed E-state index contributed by atoms with van der Waals surface area (Å²) in [6.45, 7) is -0.344. The number of nitrogens with one attached hydrogen (secondary N) is 1. The van der Waals surface area contributed by atoms with Gasteiger partial charge in [-0.1, -0.05) is 24.3 Å². The molecule has 0 fully saturated rings. The molecule has 0 aliphatic carbocycles. The molecule has 1 unspecified atom stereocenters. The first kappa shape index (κ1) is 17.0. The van der Waals surface area contributed by atoms with E-state index in [0.29, 0.717) is 5.56 Å². The molecule has 0 saturated heterocycles. The van der Waals surface area contributed by atoms with E-state index >= 15 is 0 Å². The number of aliphatic hydroxyl groups is 2. The number of carbonyl (C=O) groups excluding carboxylic acids is 1. The summed E-state index contributed by atoms with van der Waals surface area (Å²) in [6, 6.07) is 15.4. The van der Waals surface area contributed by atoms with Crippen LogP contribution in [-0.4, -0.2) is 49.5 Å². The fourth-order valence-corrected chi connectivity index (χ4v) is 2.15. The number of nitrogens with zero attached hydrogens (tertiary/aromatic N) is 1. The molecule has 0 spiro atoms. The van der Waals surface area contributed by atoms with Gasteiger partial charge in [0.1, 0.15) is 0 Å². The summed E-state index contributed by atoms with van der Waals surface area (Å²) in [5, 5.41) is 20.6. The number of rotatable bonds is 6. The average Bonchev–Trinajstić information content (AvgIpc) is 2.59. The lowest BCUT2D eigenvalue weighted by Gasteiger charge is -2.14. The highest BCUT2D eigenvalue weighted by Gasteiger charge is 2.08. The van der Waals surface area contributed by atoms with E-state index in [1.807, 2.05) is 49.3 Å². The predicted octanol–water partition coefficient (Wildman–Crippen LogP) is 1.50. The van der Waals surface area contributed by atoms with Crippen LogP contribution in [0, 0.1) is 0 Å². The Bertz CT molecular complexity index is 654. The second kappa shape index (κ2) is 7.76. The van der Waals surface area contributed by atoms with Crippen LogP contribution in [0.4, 0.5) is 5.69 Å². The average molecular weight is 314 g/mol. The van der Waals surface area contributed by atoms with Crippen molar-refractivity contribution in [2.75, 3.05) is 32.1 Å². The van der Waals surface area contributed by atoms with Gasteiger partial charge in [0, 0.05) is 31.9 Å². The van der Waals surface area contributed by atoms with Gasteiger partial charge in [0.05, 0.1) is 12.7 Å². The van der Waals surface area contributed by atoms with E-state index in [1.54, 1.807) is 12.1 Å². The minimum Gasteiger partial charge on any atom is -0.394 e. The molecule has 0 radical (unpaired) electrons. The van der Waals surface area contributed by atoms with Crippen LogP contribution in [0.1, 0.15) is 10.4 Å². The predicted molar refractivity (Wildman–Crippen MR) is 91.6 cm³/mol. The van der Waals surface area contributed by atoms with Gasteiger partial charge in [0.15, 0.2) is 0 Å². The molecule has 3 N–H and O–H groups in total. The SMILES string of the molecule is CN(C)c1cccc(-c2ccc(C(=O)NCC(O)CO)cc2)c1. The maximum atomic E-state index is 11.9. The third-order valence-electron chi connectivity index (χ3n) is 3.55. The first-order chi connectivity index (χ1) is 11.0. The Morgan fingerprint density at radius 3 is 2.43 bits per heavy atom. The highest BCUT2D eigenvalue weighted by Crippen LogP contribution is 2.24. The van der Waals surface area contributed by atoms with Crippen LogP contribution in [0.15, 0.2) is 48.5 Å². The molecule has 1 amide bonds. The van der Waals surface area contributed by atoms with Gasteiger partial charge >= 0.3 is 0 Å². The summed E-state index contributed by atoms with van der Waals surface area (Å²) in [6.07, 6.45) is -0.938. The maximum absolute atomic E-state index is 11.9. The Kier molecular flexibility index (Phi) is 5.73. The molecule has 2 aromatic carbocycles. The Labute approximate surface area is 136 Å². The highest BCUT2D eigenvalue weighted by molar-refractivity contribution is 5.94. The van der Waals surface area contributed by atoms with E-state index in [9.17, 15) is 9.90 Å². The van der Waals surface area contributed by atoms with E-state index in [-0.39, 0.29) is 19.1 Å². The van der Waals surface area contributed by atoms with Crippen molar-refractivity contribution in [3.63, 3.8) is 0 Å². The molecule has 0 aromatic heterocycles. The molecule has 0 heterocycles. The normalized spacial score (nSPS) is 11.8. The summed E-state index contributed by atoms with van der Waals surface area (Å²) in [4.78, 5) is 14.0. The van der Waals surface area contributed by atoms with Gasteiger partial charge in [-0.2, -0.15) is 0 Å². The Morgan fingerprint density at radius 2 is 1.83 bits per heavy atom. The number of hydrogen-bond donors (Lipinski definition) is 3. The summed E-state index contributed by atoms with van der Waals surface area (Å²) in [5.74, 6) is -0.272.